The minimum Gasteiger partial charge on any atom is -0.324 e. The van der Waals surface area contributed by atoms with E-state index in [0.29, 0.717) is 6.16 Å². The molecule has 1 aromatic carbocycles. The Morgan fingerprint density at radius 1 is 1.28 bits per heavy atom. The van der Waals surface area contributed by atoms with Gasteiger partial charge in [0.25, 0.3) is 0 Å². The van der Waals surface area contributed by atoms with Crippen LogP contribution in [0.5, 0.6) is 0 Å². The molecule has 0 aliphatic carbocycles. The Kier molecular flexibility index (Phi) is 4.99. The molecule has 1 rings (SSSR count). The molecule has 102 valence electrons. The van der Waals surface area contributed by atoms with E-state index in [-0.39, 0.29) is 0 Å². The molecule has 0 amide bonds. The molecule has 0 radical (unpaired) electrons. The van der Waals surface area contributed by atoms with Crippen LogP contribution in [0.3, 0.4) is 0 Å². The van der Waals surface area contributed by atoms with E-state index in [4.69, 9.17) is 5.95 Å². The lowest BCUT2D eigenvalue weighted by atomic mass is 10.1. The third-order valence-corrected chi connectivity index (χ3v) is 4.09. The van der Waals surface area contributed by atoms with Crippen molar-refractivity contribution < 1.29 is 14.0 Å². The Bertz CT molecular complexity index is 414. The number of rotatable bonds is 7. The van der Waals surface area contributed by atoms with Crippen molar-refractivity contribution >= 4 is 7.60 Å². The molecule has 0 aliphatic heterocycles. The second-order valence-corrected chi connectivity index (χ2v) is 7.33. The molecule has 0 bridgehead atoms. The van der Waals surface area contributed by atoms with E-state index in [1.54, 1.807) is 0 Å². The Labute approximate surface area is 111 Å². The average Bonchev–Trinajstić information content (AvgIpc) is 2.34. The van der Waals surface area contributed by atoms with E-state index in [9.17, 15) is 4.57 Å². The monoisotopic (exact) mass is 271 g/mol. The topological polar surface area (TPSA) is 46.5 Å². The molecule has 0 heterocycles. The summed E-state index contributed by atoms with van der Waals surface area (Å²) in [4.78, 5) is 4.35. The fraction of sp³-hybridized carbons (Fsp3) is 0.571. The first-order valence-electron chi connectivity index (χ1n) is 6.74. The van der Waals surface area contributed by atoms with Crippen molar-refractivity contribution in [2.24, 2.45) is 0 Å². The fourth-order valence-corrected chi connectivity index (χ4v) is 3.28. The molecule has 0 aromatic heterocycles. The average molecular weight is 271 g/mol. The fourth-order valence-electron chi connectivity index (χ4n) is 1.74. The standard InChI is InChI=1S/C14H23O3P/c1-14(2,3)17-18(15,16)12-8-7-11-13-9-5-4-6-10-13/h4-6,9-10H,7-8,11-12H2,1-3H3,(H,15,16)/i/hD. The quantitative estimate of drug-likeness (QED) is 0.602. The summed E-state index contributed by atoms with van der Waals surface area (Å²) >= 11 is 0. The van der Waals surface area contributed by atoms with Gasteiger partial charge in [-0.2, -0.15) is 0 Å². The summed E-state index contributed by atoms with van der Waals surface area (Å²) in [6.45, 7) is 5.42. The van der Waals surface area contributed by atoms with Gasteiger partial charge in [-0.05, 0) is 45.6 Å². The zero-order valence-electron chi connectivity index (χ0n) is 12.4. The molecule has 18 heavy (non-hydrogen) atoms. The SMILES string of the molecule is [2H]OP(=O)(CCCCc1ccccc1)OC(C)(C)C. The molecular formula is C14H23O3P. The van der Waals surface area contributed by atoms with Crippen LogP contribution < -0.4 is 0 Å². The summed E-state index contributed by atoms with van der Waals surface area (Å²) in [5.41, 5.74) is 0.705. The largest absolute Gasteiger partial charge is 0.328 e. The normalized spacial score (nSPS) is 16.1. The lowest BCUT2D eigenvalue weighted by Crippen LogP contribution is -2.18. The number of unbranched alkanes of at least 4 members (excludes halogenated alkanes) is 1. The van der Waals surface area contributed by atoms with Gasteiger partial charge >= 0.3 is 7.60 Å². The van der Waals surface area contributed by atoms with Crippen LogP contribution >= 0.6 is 7.60 Å². The molecule has 1 atom stereocenters. The van der Waals surface area contributed by atoms with E-state index in [1.807, 2.05) is 39.0 Å². The first kappa shape index (κ1) is 13.8. The first-order valence-corrected chi connectivity index (χ1v) is 8.06. The van der Waals surface area contributed by atoms with E-state index in [0.717, 1.165) is 19.3 Å². The predicted molar refractivity (Wildman–Crippen MR) is 74.9 cm³/mol. The van der Waals surface area contributed by atoms with Crippen molar-refractivity contribution in [1.29, 1.82) is 1.43 Å². The van der Waals surface area contributed by atoms with E-state index in [1.165, 1.54) is 5.56 Å². The summed E-state index contributed by atoms with van der Waals surface area (Å²) < 4.78 is 24.5. The molecule has 1 N–H and O–H groups in total. The second kappa shape index (κ2) is 6.51. The van der Waals surface area contributed by atoms with E-state index in [2.05, 4.69) is 17.0 Å². The van der Waals surface area contributed by atoms with Gasteiger partial charge in [-0.15, -0.1) is 0 Å². The molecule has 3 nitrogen and oxygen atoms in total. The molecule has 0 spiro atoms. The van der Waals surface area contributed by atoms with Crippen LogP contribution in [0.25, 0.3) is 0 Å². The van der Waals surface area contributed by atoms with Crippen molar-refractivity contribution in [3.63, 3.8) is 0 Å². The smallest absolute Gasteiger partial charge is 0.324 e. The molecule has 0 aliphatic rings. The number of hydrogen-bond donors (Lipinski definition) is 1. The van der Waals surface area contributed by atoms with Crippen LogP contribution in [0.2, 0.25) is 0 Å². The molecule has 0 saturated carbocycles. The molecule has 1 aromatic rings. The first-order chi connectivity index (χ1) is 8.85. The maximum absolute atomic E-state index is 12.2. The third-order valence-electron chi connectivity index (χ3n) is 2.40. The van der Waals surface area contributed by atoms with E-state index < -0.39 is 13.2 Å². The van der Waals surface area contributed by atoms with Gasteiger partial charge in [0.1, 0.15) is 0 Å². The van der Waals surface area contributed by atoms with Crippen molar-refractivity contribution in [3.05, 3.63) is 35.9 Å². The molecule has 1 unspecified atom stereocenters. The highest BCUT2D eigenvalue weighted by molar-refractivity contribution is 7.52. The summed E-state index contributed by atoms with van der Waals surface area (Å²) in [6, 6.07) is 10.2. The van der Waals surface area contributed by atoms with Crippen molar-refractivity contribution in [1.82, 2.24) is 0 Å². The van der Waals surface area contributed by atoms with Crippen LogP contribution in [0, 0.1) is 0 Å². The van der Waals surface area contributed by atoms with Gasteiger partial charge in [0.15, 0.2) is 0 Å². The van der Waals surface area contributed by atoms with Crippen LogP contribution in [0.15, 0.2) is 30.3 Å². The molecule has 0 saturated heterocycles. The summed E-state index contributed by atoms with van der Waals surface area (Å²) in [6.07, 6.45) is 2.86. The lowest BCUT2D eigenvalue weighted by Gasteiger charge is -2.23. The summed E-state index contributed by atoms with van der Waals surface area (Å²) in [7, 11) is -3.28. The zero-order chi connectivity index (χ0) is 14.4. The number of benzene rings is 1. The molecular weight excluding hydrogens is 247 g/mol. The third kappa shape index (κ3) is 6.95. The van der Waals surface area contributed by atoms with Gasteiger partial charge in [0.05, 0.1) is 11.8 Å². The highest BCUT2D eigenvalue weighted by Crippen LogP contribution is 2.46. The van der Waals surface area contributed by atoms with Crippen LogP contribution in [-0.2, 0) is 15.5 Å². The van der Waals surface area contributed by atoms with Crippen molar-refractivity contribution in [2.45, 2.75) is 45.6 Å². The van der Waals surface area contributed by atoms with Gasteiger partial charge in [0.2, 0.25) is 1.43 Å². The van der Waals surface area contributed by atoms with Crippen LogP contribution in [-0.4, -0.2) is 18.1 Å². The summed E-state index contributed by atoms with van der Waals surface area (Å²) in [5.74, 6) is 0. The maximum atomic E-state index is 12.2. The Hall–Kier alpha value is -0.630. The van der Waals surface area contributed by atoms with Crippen molar-refractivity contribution in [3.8, 4) is 0 Å². The Morgan fingerprint density at radius 3 is 2.50 bits per heavy atom. The van der Waals surface area contributed by atoms with E-state index >= 15 is 0 Å². The Morgan fingerprint density at radius 2 is 1.94 bits per heavy atom. The van der Waals surface area contributed by atoms with Gasteiger partial charge in [-0.1, -0.05) is 30.3 Å². The molecule has 0 fully saturated rings. The predicted octanol–water partition coefficient (Wildman–Crippen LogP) is 4.01. The number of aryl methyl sites for hydroxylation is 1. The second-order valence-electron chi connectivity index (χ2n) is 5.48. The van der Waals surface area contributed by atoms with Crippen LogP contribution in [0.1, 0.15) is 39.2 Å². The number of hydrogen-bond acceptors (Lipinski definition) is 3. The minimum absolute atomic E-state index is 0.292. The van der Waals surface area contributed by atoms with Gasteiger partial charge < -0.3 is 9.42 Å². The highest BCUT2D eigenvalue weighted by Gasteiger charge is 2.26. The van der Waals surface area contributed by atoms with Crippen LogP contribution in [0.4, 0.5) is 0 Å². The summed E-state index contributed by atoms with van der Waals surface area (Å²) in [5, 5.41) is 0. The van der Waals surface area contributed by atoms with Gasteiger partial charge in [-0.25, -0.2) is 0 Å². The van der Waals surface area contributed by atoms with Crippen molar-refractivity contribution in [2.75, 3.05) is 6.16 Å². The maximum Gasteiger partial charge on any atom is 0.328 e. The minimum atomic E-state index is -3.28. The lowest BCUT2D eigenvalue weighted by molar-refractivity contribution is 0.111. The Balaban J connectivity index is 2.36. The van der Waals surface area contributed by atoms with Gasteiger partial charge in [-0.3, -0.25) is 4.57 Å². The highest BCUT2D eigenvalue weighted by atomic mass is 31.2. The zero-order valence-corrected chi connectivity index (χ0v) is 12.3. The molecule has 4 heteroatoms. The van der Waals surface area contributed by atoms with Gasteiger partial charge in [0, 0.05) is 0 Å².